The smallest absolute Gasteiger partial charge is 0.191 e. The fourth-order valence-electron chi connectivity index (χ4n) is 5.21. The number of hydrogen-bond donors (Lipinski definition) is 1. The van der Waals surface area contributed by atoms with Crippen LogP contribution >= 0.6 is 11.6 Å². The van der Waals surface area contributed by atoms with Crippen LogP contribution in [-0.2, 0) is 18.4 Å². The Balaban J connectivity index is 1.59. The zero-order valence-electron chi connectivity index (χ0n) is 20.4. The largest absolute Gasteiger partial charge is 0.496 e. The number of hydrogen-bond acceptors (Lipinski definition) is 6. The third-order valence-corrected chi connectivity index (χ3v) is 7.31. The van der Waals surface area contributed by atoms with Gasteiger partial charge in [0.05, 0.1) is 29.9 Å². The highest BCUT2D eigenvalue weighted by molar-refractivity contribution is 6.30. The van der Waals surface area contributed by atoms with E-state index in [1.807, 2.05) is 63.2 Å². The minimum atomic E-state index is -1.02. The Kier molecular flexibility index (Phi) is 5.93. The number of rotatable bonds is 6. The van der Waals surface area contributed by atoms with Crippen molar-refractivity contribution >= 4 is 11.6 Å². The Morgan fingerprint density at radius 3 is 2.71 bits per heavy atom. The summed E-state index contributed by atoms with van der Waals surface area (Å²) in [6.45, 7) is 6.30. The van der Waals surface area contributed by atoms with Crippen molar-refractivity contribution in [3.63, 3.8) is 0 Å². The van der Waals surface area contributed by atoms with Gasteiger partial charge in [-0.05, 0) is 62.9 Å². The standard InChI is InChI=1S/C27H29ClN4O3/c1-17-29-16-23(35-17)21-10-9-19(14-22(21)34-4)24-30-31-25-27(26(2,3)33,11-6-12-32(24)25)15-18-7-5-8-20(28)13-18/h5,7-10,13-14,16,33H,6,11-12,15H2,1-4H3. The minimum absolute atomic E-state index is 0.598. The summed E-state index contributed by atoms with van der Waals surface area (Å²) in [6.07, 6.45) is 4.00. The second-order valence-corrected chi connectivity index (χ2v) is 10.1. The molecule has 0 fully saturated rings. The first-order valence-electron chi connectivity index (χ1n) is 11.7. The molecular weight excluding hydrogens is 464 g/mol. The fraction of sp³-hybridized carbons (Fsp3) is 0.370. The van der Waals surface area contributed by atoms with Gasteiger partial charge >= 0.3 is 0 Å². The highest BCUT2D eigenvalue weighted by atomic mass is 35.5. The van der Waals surface area contributed by atoms with Gasteiger partial charge in [-0.2, -0.15) is 0 Å². The zero-order valence-corrected chi connectivity index (χ0v) is 21.1. The molecule has 5 rings (SSSR count). The number of ether oxygens (including phenoxy) is 1. The van der Waals surface area contributed by atoms with Gasteiger partial charge in [0, 0.05) is 24.1 Å². The van der Waals surface area contributed by atoms with Gasteiger partial charge in [-0.25, -0.2) is 4.98 Å². The van der Waals surface area contributed by atoms with E-state index in [1.54, 1.807) is 13.3 Å². The molecule has 1 unspecified atom stereocenters. The monoisotopic (exact) mass is 492 g/mol. The van der Waals surface area contributed by atoms with E-state index >= 15 is 0 Å². The van der Waals surface area contributed by atoms with Gasteiger partial charge in [-0.1, -0.05) is 29.8 Å². The number of aliphatic hydroxyl groups is 1. The summed E-state index contributed by atoms with van der Waals surface area (Å²) >= 11 is 6.28. The third-order valence-electron chi connectivity index (χ3n) is 7.08. The number of nitrogens with zero attached hydrogens (tertiary/aromatic N) is 4. The summed E-state index contributed by atoms with van der Waals surface area (Å²) in [5, 5.41) is 21.4. The summed E-state index contributed by atoms with van der Waals surface area (Å²) in [7, 11) is 1.63. The molecule has 1 N–H and O–H groups in total. The van der Waals surface area contributed by atoms with Crippen LogP contribution in [0.5, 0.6) is 5.75 Å². The van der Waals surface area contributed by atoms with Crippen molar-refractivity contribution < 1.29 is 14.3 Å². The van der Waals surface area contributed by atoms with Crippen LogP contribution in [0.2, 0.25) is 5.02 Å². The van der Waals surface area contributed by atoms with Crippen LogP contribution < -0.4 is 4.74 Å². The first-order valence-corrected chi connectivity index (χ1v) is 12.1. The zero-order chi connectivity index (χ0) is 24.8. The van der Waals surface area contributed by atoms with Crippen molar-refractivity contribution in [3.05, 3.63) is 71.0 Å². The van der Waals surface area contributed by atoms with E-state index in [2.05, 4.69) is 19.7 Å². The maximum atomic E-state index is 11.4. The lowest BCUT2D eigenvalue weighted by atomic mass is 9.65. The number of halogens is 1. The van der Waals surface area contributed by atoms with E-state index < -0.39 is 11.0 Å². The second kappa shape index (κ2) is 8.81. The molecule has 1 atom stereocenters. The molecule has 8 heteroatoms. The lowest BCUT2D eigenvalue weighted by molar-refractivity contribution is -0.0255. The van der Waals surface area contributed by atoms with Gasteiger partial charge in [-0.3, -0.25) is 0 Å². The molecule has 0 saturated heterocycles. The lowest BCUT2D eigenvalue weighted by Gasteiger charge is -2.45. The molecular formula is C27H29ClN4O3. The average molecular weight is 493 g/mol. The molecule has 0 saturated carbocycles. The van der Waals surface area contributed by atoms with E-state index in [0.29, 0.717) is 28.8 Å². The number of aryl methyl sites for hydroxylation is 1. The predicted molar refractivity (Wildman–Crippen MR) is 135 cm³/mol. The highest BCUT2D eigenvalue weighted by Gasteiger charge is 2.50. The average Bonchev–Trinajstić information content (AvgIpc) is 3.45. The van der Waals surface area contributed by atoms with Crippen LogP contribution in [0.15, 0.2) is 53.1 Å². The molecule has 0 amide bonds. The Morgan fingerprint density at radius 2 is 2.03 bits per heavy atom. The molecule has 2 aromatic heterocycles. The Morgan fingerprint density at radius 1 is 1.20 bits per heavy atom. The van der Waals surface area contributed by atoms with Gasteiger partial charge in [0.15, 0.2) is 17.5 Å². The van der Waals surface area contributed by atoms with Crippen molar-refractivity contribution in [1.29, 1.82) is 0 Å². The van der Waals surface area contributed by atoms with Crippen LogP contribution in [0.3, 0.4) is 0 Å². The molecule has 35 heavy (non-hydrogen) atoms. The molecule has 0 spiro atoms. The summed E-state index contributed by atoms with van der Waals surface area (Å²) < 4.78 is 13.5. The lowest BCUT2D eigenvalue weighted by Crippen LogP contribution is -2.52. The molecule has 7 nitrogen and oxygen atoms in total. The molecule has 3 heterocycles. The van der Waals surface area contributed by atoms with Crippen molar-refractivity contribution in [1.82, 2.24) is 19.7 Å². The first-order chi connectivity index (χ1) is 16.7. The second-order valence-electron chi connectivity index (χ2n) is 9.71. The Labute approximate surface area is 209 Å². The van der Waals surface area contributed by atoms with E-state index in [-0.39, 0.29) is 0 Å². The summed E-state index contributed by atoms with van der Waals surface area (Å²) in [5.74, 6) is 3.45. The fourth-order valence-corrected chi connectivity index (χ4v) is 5.42. The molecule has 1 aliphatic rings. The number of methoxy groups -OCH3 is 1. The molecule has 1 aliphatic heterocycles. The SMILES string of the molecule is COc1cc(-c2nnc3n2CCCC3(Cc2cccc(Cl)c2)C(C)(C)O)ccc1-c1cnc(C)o1. The first kappa shape index (κ1) is 23.6. The summed E-state index contributed by atoms with van der Waals surface area (Å²) in [5.41, 5.74) is 1.13. The molecule has 2 aromatic carbocycles. The quantitative estimate of drug-likeness (QED) is 0.376. The summed E-state index contributed by atoms with van der Waals surface area (Å²) in [6, 6.07) is 13.7. The van der Waals surface area contributed by atoms with E-state index in [4.69, 9.17) is 20.8 Å². The van der Waals surface area contributed by atoms with Crippen molar-refractivity contribution in [2.45, 2.75) is 57.6 Å². The van der Waals surface area contributed by atoms with Crippen molar-refractivity contribution in [2.75, 3.05) is 7.11 Å². The Bertz CT molecular complexity index is 1370. The number of fused-ring (bicyclic) bond motifs is 1. The third kappa shape index (κ3) is 4.13. The molecule has 182 valence electrons. The van der Waals surface area contributed by atoms with Crippen LogP contribution in [0.25, 0.3) is 22.7 Å². The number of benzene rings is 2. The molecule has 0 radical (unpaired) electrons. The van der Waals surface area contributed by atoms with Crippen LogP contribution in [-0.4, -0.2) is 37.6 Å². The number of aromatic nitrogens is 4. The number of oxazole rings is 1. The predicted octanol–water partition coefficient (Wildman–Crippen LogP) is 5.62. The topological polar surface area (TPSA) is 86.2 Å². The molecule has 0 aliphatic carbocycles. The minimum Gasteiger partial charge on any atom is -0.496 e. The van der Waals surface area contributed by atoms with Crippen LogP contribution in [0.4, 0.5) is 0 Å². The highest BCUT2D eigenvalue weighted by Crippen LogP contribution is 2.46. The van der Waals surface area contributed by atoms with Crippen LogP contribution in [0, 0.1) is 6.92 Å². The summed E-state index contributed by atoms with van der Waals surface area (Å²) in [4.78, 5) is 4.20. The van der Waals surface area contributed by atoms with E-state index in [0.717, 1.165) is 47.7 Å². The van der Waals surface area contributed by atoms with Crippen molar-refractivity contribution in [2.24, 2.45) is 0 Å². The van der Waals surface area contributed by atoms with Gasteiger partial charge in [0.2, 0.25) is 0 Å². The normalized spacial score (nSPS) is 17.9. The van der Waals surface area contributed by atoms with Crippen LogP contribution in [0.1, 0.15) is 44.0 Å². The van der Waals surface area contributed by atoms with Gasteiger partial charge < -0.3 is 18.8 Å². The van der Waals surface area contributed by atoms with Gasteiger partial charge in [-0.15, -0.1) is 10.2 Å². The van der Waals surface area contributed by atoms with E-state index in [1.165, 1.54) is 0 Å². The van der Waals surface area contributed by atoms with Gasteiger partial charge in [0.25, 0.3) is 0 Å². The Hall–Kier alpha value is -3.16. The maximum absolute atomic E-state index is 11.4. The van der Waals surface area contributed by atoms with E-state index in [9.17, 15) is 5.11 Å². The molecule has 4 aromatic rings. The maximum Gasteiger partial charge on any atom is 0.191 e. The molecule has 0 bridgehead atoms. The van der Waals surface area contributed by atoms with Gasteiger partial charge in [0.1, 0.15) is 11.6 Å². The van der Waals surface area contributed by atoms with Crippen molar-refractivity contribution in [3.8, 4) is 28.5 Å².